The van der Waals surface area contributed by atoms with Crippen molar-refractivity contribution in [3.63, 3.8) is 0 Å². The Bertz CT molecular complexity index is 813. The Labute approximate surface area is 169 Å². The summed E-state index contributed by atoms with van der Waals surface area (Å²) in [4.78, 5) is 14.4. The minimum Gasteiger partial charge on any atom is -0.342 e. The summed E-state index contributed by atoms with van der Waals surface area (Å²) in [6, 6.07) is 4.07. The number of alkyl halides is 3. The summed E-state index contributed by atoms with van der Waals surface area (Å²) in [5, 5.41) is 0. The molecule has 0 unspecified atom stereocenters. The average Bonchev–Trinajstić information content (AvgIpc) is 2.67. The molecule has 162 valence electrons. The minimum atomic E-state index is -4.51. The molecule has 1 aromatic rings. The normalized spacial score (nSPS) is 20.0. The summed E-state index contributed by atoms with van der Waals surface area (Å²) in [6.07, 6.45) is 1.74. The maximum atomic E-state index is 12.8. The van der Waals surface area contributed by atoms with Crippen molar-refractivity contribution in [1.29, 1.82) is 0 Å². The van der Waals surface area contributed by atoms with E-state index in [2.05, 4.69) is 4.72 Å². The van der Waals surface area contributed by atoms with E-state index in [9.17, 15) is 26.4 Å². The van der Waals surface area contributed by atoms with Crippen LogP contribution in [0.15, 0.2) is 24.3 Å². The van der Waals surface area contributed by atoms with Gasteiger partial charge in [0.15, 0.2) is 0 Å². The number of hydrogen-bond acceptors (Lipinski definition) is 3. The Kier molecular flexibility index (Phi) is 6.88. The van der Waals surface area contributed by atoms with E-state index in [0.717, 1.165) is 37.8 Å². The van der Waals surface area contributed by atoms with E-state index < -0.39 is 27.5 Å². The van der Waals surface area contributed by atoms with Crippen molar-refractivity contribution in [3.8, 4) is 0 Å². The molecule has 1 saturated heterocycles. The maximum Gasteiger partial charge on any atom is 0.416 e. The van der Waals surface area contributed by atoms with Crippen molar-refractivity contribution >= 4 is 15.9 Å². The van der Waals surface area contributed by atoms with Gasteiger partial charge >= 0.3 is 6.18 Å². The van der Waals surface area contributed by atoms with Gasteiger partial charge in [-0.15, -0.1) is 0 Å². The molecule has 1 aliphatic carbocycles. The number of nitrogens with one attached hydrogen (secondary N) is 1. The number of amides is 1. The Morgan fingerprint density at radius 3 is 2.34 bits per heavy atom. The van der Waals surface area contributed by atoms with Crippen LogP contribution in [0.4, 0.5) is 13.2 Å². The van der Waals surface area contributed by atoms with Crippen LogP contribution in [0.5, 0.6) is 0 Å². The number of sulfonamides is 1. The van der Waals surface area contributed by atoms with Gasteiger partial charge in [-0.05, 0) is 37.3 Å². The molecule has 1 amide bonds. The quantitative estimate of drug-likeness (QED) is 0.772. The van der Waals surface area contributed by atoms with Crippen LogP contribution in [0.2, 0.25) is 0 Å². The number of piperidine rings is 1. The summed E-state index contributed by atoms with van der Waals surface area (Å²) in [6.45, 7) is 1.01. The van der Waals surface area contributed by atoms with Crippen molar-refractivity contribution in [2.45, 2.75) is 62.9 Å². The van der Waals surface area contributed by atoms with Crippen LogP contribution in [0.1, 0.15) is 56.1 Å². The molecule has 2 fully saturated rings. The first-order chi connectivity index (χ1) is 13.6. The zero-order valence-electron chi connectivity index (χ0n) is 16.2. The van der Waals surface area contributed by atoms with Crippen LogP contribution in [0, 0.1) is 5.92 Å². The molecule has 1 saturated carbocycles. The zero-order chi connectivity index (χ0) is 21.1. The van der Waals surface area contributed by atoms with Gasteiger partial charge in [-0.3, -0.25) is 4.79 Å². The van der Waals surface area contributed by atoms with E-state index in [1.807, 2.05) is 4.90 Å². The Morgan fingerprint density at radius 2 is 1.72 bits per heavy atom. The van der Waals surface area contributed by atoms with E-state index >= 15 is 0 Å². The lowest BCUT2D eigenvalue weighted by Crippen LogP contribution is -2.48. The standard InChI is InChI=1S/C20H27F3N2O3S/c21-20(22,23)17-8-4-5-15(13-17)14-29(27,28)24-18-9-11-25(12-10-18)19(26)16-6-2-1-3-7-16/h4-5,8,13,16,18,24H,1-3,6-7,9-12,14H2. The molecule has 29 heavy (non-hydrogen) atoms. The van der Waals surface area contributed by atoms with Gasteiger partial charge in [-0.1, -0.05) is 37.5 Å². The zero-order valence-corrected chi connectivity index (χ0v) is 17.1. The lowest BCUT2D eigenvalue weighted by atomic mass is 9.87. The first-order valence-electron chi connectivity index (χ1n) is 10.1. The van der Waals surface area contributed by atoms with Gasteiger partial charge in [0.1, 0.15) is 0 Å². The van der Waals surface area contributed by atoms with Crippen LogP contribution < -0.4 is 4.72 Å². The Balaban J connectivity index is 1.52. The van der Waals surface area contributed by atoms with Gasteiger partial charge in [-0.25, -0.2) is 13.1 Å². The molecular weight excluding hydrogens is 405 g/mol. The monoisotopic (exact) mass is 432 g/mol. The largest absolute Gasteiger partial charge is 0.416 e. The predicted molar refractivity (Wildman–Crippen MR) is 103 cm³/mol. The Hall–Kier alpha value is -1.61. The second-order valence-electron chi connectivity index (χ2n) is 8.01. The summed E-state index contributed by atoms with van der Waals surface area (Å²) < 4.78 is 65.9. The van der Waals surface area contributed by atoms with E-state index in [4.69, 9.17) is 0 Å². The topological polar surface area (TPSA) is 66.5 Å². The highest BCUT2D eigenvalue weighted by Crippen LogP contribution is 2.30. The molecule has 9 heteroatoms. The summed E-state index contributed by atoms with van der Waals surface area (Å²) in [5.74, 6) is -0.231. The Morgan fingerprint density at radius 1 is 1.07 bits per heavy atom. The number of rotatable bonds is 5. The smallest absolute Gasteiger partial charge is 0.342 e. The molecular formula is C20H27F3N2O3S. The predicted octanol–water partition coefficient (Wildman–Crippen LogP) is 3.70. The fourth-order valence-electron chi connectivity index (χ4n) is 4.18. The van der Waals surface area contributed by atoms with Crippen molar-refractivity contribution < 1.29 is 26.4 Å². The van der Waals surface area contributed by atoms with Crippen LogP contribution in [0.25, 0.3) is 0 Å². The molecule has 0 radical (unpaired) electrons. The van der Waals surface area contributed by atoms with Crippen LogP contribution >= 0.6 is 0 Å². The number of carbonyl (C=O) groups is 1. The second kappa shape index (κ2) is 9.04. The lowest BCUT2D eigenvalue weighted by Gasteiger charge is -2.35. The molecule has 1 N–H and O–H groups in total. The SMILES string of the molecule is O=C(C1CCCCC1)N1CCC(NS(=O)(=O)Cc2cccc(C(F)(F)F)c2)CC1. The van der Waals surface area contributed by atoms with Crippen molar-refractivity contribution in [2.75, 3.05) is 13.1 Å². The van der Waals surface area contributed by atoms with E-state index in [0.29, 0.717) is 25.9 Å². The number of hydrogen-bond donors (Lipinski definition) is 1. The molecule has 2 aliphatic rings. The van der Waals surface area contributed by atoms with Gasteiger partial charge < -0.3 is 4.90 Å². The van der Waals surface area contributed by atoms with E-state index in [-0.39, 0.29) is 23.4 Å². The van der Waals surface area contributed by atoms with Crippen molar-refractivity contribution in [3.05, 3.63) is 35.4 Å². The number of likely N-dealkylation sites (tertiary alicyclic amines) is 1. The molecule has 0 spiro atoms. The second-order valence-corrected chi connectivity index (χ2v) is 9.76. The van der Waals surface area contributed by atoms with Crippen LogP contribution in [-0.2, 0) is 26.7 Å². The molecule has 0 bridgehead atoms. The number of carbonyl (C=O) groups excluding carboxylic acids is 1. The minimum absolute atomic E-state index is 0.0947. The fourth-order valence-corrected chi connectivity index (χ4v) is 5.62. The first-order valence-corrected chi connectivity index (χ1v) is 11.7. The molecule has 1 aromatic carbocycles. The van der Waals surface area contributed by atoms with Gasteiger partial charge in [0, 0.05) is 25.0 Å². The molecule has 0 atom stereocenters. The first kappa shape index (κ1) is 22.1. The number of halogens is 3. The van der Waals surface area contributed by atoms with Crippen LogP contribution in [0.3, 0.4) is 0 Å². The molecule has 3 rings (SSSR count). The third kappa shape index (κ3) is 6.18. The van der Waals surface area contributed by atoms with Gasteiger partial charge in [-0.2, -0.15) is 13.2 Å². The molecule has 5 nitrogen and oxygen atoms in total. The highest BCUT2D eigenvalue weighted by atomic mass is 32.2. The molecule has 1 aliphatic heterocycles. The summed E-state index contributed by atoms with van der Waals surface area (Å²) in [7, 11) is -3.78. The van der Waals surface area contributed by atoms with Gasteiger partial charge in [0.2, 0.25) is 15.9 Å². The summed E-state index contributed by atoms with van der Waals surface area (Å²) >= 11 is 0. The van der Waals surface area contributed by atoms with Crippen molar-refractivity contribution in [2.24, 2.45) is 5.92 Å². The van der Waals surface area contributed by atoms with E-state index in [1.165, 1.54) is 18.6 Å². The van der Waals surface area contributed by atoms with Crippen LogP contribution in [-0.4, -0.2) is 38.4 Å². The lowest BCUT2D eigenvalue weighted by molar-refractivity contribution is -0.138. The van der Waals surface area contributed by atoms with E-state index in [1.54, 1.807) is 0 Å². The number of nitrogens with zero attached hydrogens (tertiary/aromatic N) is 1. The van der Waals surface area contributed by atoms with Gasteiger partial charge in [0.25, 0.3) is 0 Å². The van der Waals surface area contributed by atoms with Crippen molar-refractivity contribution in [1.82, 2.24) is 9.62 Å². The fraction of sp³-hybridized carbons (Fsp3) is 0.650. The maximum absolute atomic E-state index is 12.8. The average molecular weight is 433 g/mol. The third-order valence-electron chi connectivity index (χ3n) is 5.72. The third-order valence-corrected chi connectivity index (χ3v) is 7.12. The highest BCUT2D eigenvalue weighted by molar-refractivity contribution is 7.88. The molecule has 1 heterocycles. The molecule has 0 aromatic heterocycles. The van der Waals surface area contributed by atoms with Gasteiger partial charge in [0.05, 0.1) is 11.3 Å². The summed E-state index contributed by atoms with van der Waals surface area (Å²) in [5.41, 5.74) is -0.767. The number of benzene rings is 1. The highest BCUT2D eigenvalue weighted by Gasteiger charge is 2.32.